The average molecular weight is 274 g/mol. The van der Waals surface area contributed by atoms with Crippen molar-refractivity contribution in [2.45, 2.75) is 6.42 Å². The molecule has 18 heavy (non-hydrogen) atoms. The number of nitrogen functional groups attached to an aromatic ring is 1. The van der Waals surface area contributed by atoms with Crippen LogP contribution in [-0.2, 0) is 0 Å². The van der Waals surface area contributed by atoms with Crippen molar-refractivity contribution < 1.29 is 10.2 Å². The molecule has 7 nitrogen and oxygen atoms in total. The van der Waals surface area contributed by atoms with Crippen molar-refractivity contribution in [1.29, 1.82) is 0 Å². The summed E-state index contributed by atoms with van der Waals surface area (Å²) in [4.78, 5) is 9.97. The number of halogens is 1. The van der Waals surface area contributed by atoms with E-state index in [1.807, 2.05) is 4.90 Å². The highest BCUT2D eigenvalue weighted by Crippen LogP contribution is 2.35. The lowest BCUT2D eigenvalue weighted by Crippen LogP contribution is -2.28. The van der Waals surface area contributed by atoms with Gasteiger partial charge in [0.25, 0.3) is 0 Å². The fourth-order valence-electron chi connectivity index (χ4n) is 1.83. The van der Waals surface area contributed by atoms with Gasteiger partial charge in [-0.3, -0.25) is 0 Å². The van der Waals surface area contributed by atoms with Crippen LogP contribution in [0.4, 0.5) is 17.5 Å². The summed E-state index contributed by atoms with van der Waals surface area (Å²) in [6.45, 7) is 1.16. The van der Waals surface area contributed by atoms with Crippen LogP contribution in [0.25, 0.3) is 0 Å². The summed E-state index contributed by atoms with van der Waals surface area (Å²) in [6.07, 6.45) is 0.662. The maximum atomic E-state index is 9.02. The third kappa shape index (κ3) is 2.58. The molecule has 1 aliphatic heterocycles. The minimum atomic E-state index is -0.122. The summed E-state index contributed by atoms with van der Waals surface area (Å²) in [5.41, 5.74) is 6.24. The number of aliphatic hydroxyl groups is 2. The molecule has 0 amide bonds. The second kappa shape index (κ2) is 5.55. The highest BCUT2D eigenvalue weighted by Gasteiger charge is 2.24. The van der Waals surface area contributed by atoms with Crippen LogP contribution in [-0.4, -0.2) is 46.6 Å². The number of hydrogen-bond donors (Lipinski definition) is 4. The number of nitrogens with two attached hydrogens (primary N) is 1. The second-order valence-corrected chi connectivity index (χ2v) is 4.55. The summed E-state index contributed by atoms with van der Waals surface area (Å²) in [6, 6.07) is 0. The van der Waals surface area contributed by atoms with Crippen LogP contribution in [0.2, 0.25) is 5.15 Å². The van der Waals surface area contributed by atoms with Gasteiger partial charge in [0, 0.05) is 25.7 Å². The molecule has 1 aliphatic rings. The normalized spacial score (nSPS) is 13.9. The number of aliphatic hydroxyl groups excluding tert-OH is 2. The standard InChI is InChI=1S/C10H16ClN5O2/c11-8-7-9(15-10(12)14-8)16(5-13-7)2-1-6(3-17)4-18/h6,13,17-18H,1-5H2,(H2,12,14,15). The van der Waals surface area contributed by atoms with E-state index in [-0.39, 0.29) is 25.1 Å². The molecular formula is C10H16ClN5O2. The van der Waals surface area contributed by atoms with Gasteiger partial charge in [0.2, 0.25) is 5.95 Å². The van der Waals surface area contributed by atoms with E-state index in [0.717, 1.165) is 0 Å². The molecule has 0 saturated heterocycles. The molecule has 0 bridgehead atoms. The quantitative estimate of drug-likeness (QED) is 0.555. The van der Waals surface area contributed by atoms with E-state index in [9.17, 15) is 0 Å². The Morgan fingerprint density at radius 1 is 1.39 bits per heavy atom. The third-order valence-corrected chi connectivity index (χ3v) is 3.21. The topological polar surface area (TPSA) is 108 Å². The van der Waals surface area contributed by atoms with Crippen LogP contribution in [0.3, 0.4) is 0 Å². The molecule has 2 heterocycles. The SMILES string of the molecule is Nc1nc(Cl)c2c(n1)N(CCC(CO)CO)CN2. The van der Waals surface area contributed by atoms with Gasteiger partial charge in [-0.2, -0.15) is 9.97 Å². The van der Waals surface area contributed by atoms with Gasteiger partial charge in [0.15, 0.2) is 11.0 Å². The van der Waals surface area contributed by atoms with E-state index < -0.39 is 0 Å². The highest BCUT2D eigenvalue weighted by molar-refractivity contribution is 6.32. The Hall–Kier alpha value is -1.31. The number of aromatic nitrogens is 2. The first kappa shape index (κ1) is 13.1. The Morgan fingerprint density at radius 3 is 2.78 bits per heavy atom. The van der Waals surface area contributed by atoms with E-state index in [1.165, 1.54) is 0 Å². The Morgan fingerprint density at radius 2 is 2.11 bits per heavy atom. The molecule has 0 spiro atoms. The van der Waals surface area contributed by atoms with Crippen LogP contribution >= 0.6 is 11.6 Å². The van der Waals surface area contributed by atoms with Crippen molar-refractivity contribution in [1.82, 2.24) is 9.97 Å². The Labute approximate surface area is 110 Å². The van der Waals surface area contributed by atoms with E-state index in [0.29, 0.717) is 36.3 Å². The fraction of sp³-hybridized carbons (Fsp3) is 0.600. The van der Waals surface area contributed by atoms with Crippen molar-refractivity contribution >= 4 is 29.1 Å². The molecule has 0 atom stereocenters. The average Bonchev–Trinajstić information content (AvgIpc) is 2.74. The van der Waals surface area contributed by atoms with Crippen molar-refractivity contribution in [3.8, 4) is 0 Å². The first-order chi connectivity index (χ1) is 8.65. The van der Waals surface area contributed by atoms with Gasteiger partial charge in [-0.15, -0.1) is 0 Å². The Kier molecular flexibility index (Phi) is 4.05. The zero-order chi connectivity index (χ0) is 13.1. The zero-order valence-corrected chi connectivity index (χ0v) is 10.6. The van der Waals surface area contributed by atoms with Crippen LogP contribution in [0.15, 0.2) is 0 Å². The number of anilines is 3. The van der Waals surface area contributed by atoms with Crippen molar-refractivity contribution in [3.05, 3.63) is 5.15 Å². The molecule has 2 rings (SSSR count). The van der Waals surface area contributed by atoms with Crippen molar-refractivity contribution in [3.63, 3.8) is 0 Å². The minimum absolute atomic E-state index is 0.0305. The van der Waals surface area contributed by atoms with Gasteiger partial charge in [-0.05, 0) is 6.42 Å². The zero-order valence-electron chi connectivity index (χ0n) is 9.80. The van der Waals surface area contributed by atoms with E-state index in [2.05, 4.69) is 15.3 Å². The molecule has 1 aromatic heterocycles. The van der Waals surface area contributed by atoms with Gasteiger partial charge >= 0.3 is 0 Å². The number of fused-ring (bicyclic) bond motifs is 1. The minimum Gasteiger partial charge on any atom is -0.396 e. The summed E-state index contributed by atoms with van der Waals surface area (Å²) < 4.78 is 0. The maximum absolute atomic E-state index is 9.02. The predicted molar refractivity (Wildman–Crippen MR) is 69.6 cm³/mol. The fourth-order valence-corrected chi connectivity index (χ4v) is 2.07. The molecule has 0 aromatic carbocycles. The summed E-state index contributed by atoms with van der Waals surface area (Å²) in [5, 5.41) is 21.4. The predicted octanol–water partition coefficient (Wildman–Crippen LogP) is -0.108. The van der Waals surface area contributed by atoms with Crippen LogP contribution in [0, 0.1) is 5.92 Å². The maximum Gasteiger partial charge on any atom is 0.223 e. The smallest absolute Gasteiger partial charge is 0.223 e. The summed E-state index contributed by atoms with van der Waals surface area (Å²) in [7, 11) is 0. The molecule has 0 saturated carbocycles. The van der Waals surface area contributed by atoms with Crippen LogP contribution in [0.5, 0.6) is 0 Å². The third-order valence-electron chi connectivity index (χ3n) is 2.93. The van der Waals surface area contributed by atoms with Crippen molar-refractivity contribution in [2.24, 2.45) is 5.92 Å². The van der Waals surface area contributed by atoms with Gasteiger partial charge < -0.3 is 26.2 Å². The lowest BCUT2D eigenvalue weighted by Gasteiger charge is -2.19. The lowest BCUT2D eigenvalue weighted by molar-refractivity contribution is 0.145. The first-order valence-corrected chi connectivity index (χ1v) is 6.07. The largest absolute Gasteiger partial charge is 0.396 e. The van der Waals surface area contributed by atoms with Crippen LogP contribution in [0.1, 0.15) is 6.42 Å². The van der Waals surface area contributed by atoms with E-state index in [1.54, 1.807) is 0 Å². The van der Waals surface area contributed by atoms with E-state index in [4.69, 9.17) is 27.5 Å². The molecule has 0 radical (unpaired) electrons. The molecule has 5 N–H and O–H groups in total. The van der Waals surface area contributed by atoms with Gasteiger partial charge in [0.1, 0.15) is 5.69 Å². The number of nitrogens with zero attached hydrogens (tertiary/aromatic N) is 3. The molecule has 0 fully saturated rings. The second-order valence-electron chi connectivity index (χ2n) is 4.19. The Bertz CT molecular complexity index is 427. The molecule has 0 aliphatic carbocycles. The number of hydrogen-bond acceptors (Lipinski definition) is 7. The van der Waals surface area contributed by atoms with Crippen molar-refractivity contribution in [2.75, 3.05) is 42.4 Å². The molecule has 8 heteroatoms. The summed E-state index contributed by atoms with van der Waals surface area (Å²) >= 11 is 5.96. The molecule has 1 aromatic rings. The molecule has 100 valence electrons. The monoisotopic (exact) mass is 273 g/mol. The van der Waals surface area contributed by atoms with Gasteiger partial charge in [0.05, 0.1) is 6.67 Å². The Balaban J connectivity index is 2.07. The van der Waals surface area contributed by atoms with Gasteiger partial charge in [-0.1, -0.05) is 11.6 Å². The highest BCUT2D eigenvalue weighted by atomic mass is 35.5. The first-order valence-electron chi connectivity index (χ1n) is 5.69. The number of rotatable bonds is 5. The summed E-state index contributed by atoms with van der Waals surface area (Å²) in [5.74, 6) is 0.680. The molecule has 0 unspecified atom stereocenters. The van der Waals surface area contributed by atoms with Crippen LogP contribution < -0.4 is 16.0 Å². The lowest BCUT2D eigenvalue weighted by atomic mass is 10.1. The van der Waals surface area contributed by atoms with E-state index >= 15 is 0 Å². The van der Waals surface area contributed by atoms with Gasteiger partial charge in [-0.25, -0.2) is 0 Å². The molecular weight excluding hydrogens is 258 g/mol. The number of nitrogens with one attached hydrogen (secondary N) is 1.